The maximum Gasteiger partial charge on any atom is 0.225 e. The molecule has 1 saturated carbocycles. The molecule has 0 aromatic carbocycles. The molecule has 0 aromatic heterocycles. The number of piperidine rings is 1. The number of likely N-dealkylation sites (tertiary alicyclic amines) is 1. The van der Waals surface area contributed by atoms with Gasteiger partial charge in [0.05, 0.1) is 0 Å². The maximum absolute atomic E-state index is 12.6. The number of carbonyl (C=O) groups is 1. The summed E-state index contributed by atoms with van der Waals surface area (Å²) in [6.07, 6.45) is 6.93. The van der Waals surface area contributed by atoms with Crippen molar-refractivity contribution in [1.82, 2.24) is 4.90 Å². The largest absolute Gasteiger partial charge is 0.342 e. The molecule has 0 radical (unpaired) electrons. The van der Waals surface area contributed by atoms with E-state index in [-0.39, 0.29) is 5.92 Å². The summed E-state index contributed by atoms with van der Waals surface area (Å²) >= 11 is 0. The van der Waals surface area contributed by atoms with Gasteiger partial charge in [-0.1, -0.05) is 26.7 Å². The Kier molecular flexibility index (Phi) is 5.26. The van der Waals surface area contributed by atoms with Crippen molar-refractivity contribution in [2.24, 2.45) is 29.4 Å². The lowest BCUT2D eigenvalue weighted by atomic mass is 9.78. The van der Waals surface area contributed by atoms with Crippen LogP contribution in [0.2, 0.25) is 0 Å². The summed E-state index contributed by atoms with van der Waals surface area (Å²) in [5.74, 6) is 2.82. The van der Waals surface area contributed by atoms with Crippen LogP contribution < -0.4 is 5.73 Å². The summed E-state index contributed by atoms with van der Waals surface area (Å²) in [4.78, 5) is 14.8. The van der Waals surface area contributed by atoms with E-state index >= 15 is 0 Å². The van der Waals surface area contributed by atoms with Gasteiger partial charge in [0.2, 0.25) is 5.91 Å². The number of hydrogen-bond donors (Lipinski definition) is 1. The molecule has 3 nitrogen and oxygen atoms in total. The molecule has 0 aromatic rings. The van der Waals surface area contributed by atoms with Gasteiger partial charge in [-0.05, 0) is 50.0 Å². The van der Waals surface area contributed by atoms with E-state index < -0.39 is 0 Å². The fourth-order valence-electron chi connectivity index (χ4n) is 3.73. The van der Waals surface area contributed by atoms with Crippen molar-refractivity contribution in [3.05, 3.63) is 0 Å². The van der Waals surface area contributed by atoms with Crippen LogP contribution in [0.15, 0.2) is 0 Å². The minimum atomic E-state index is 0.283. The van der Waals surface area contributed by atoms with Crippen LogP contribution in [-0.2, 0) is 4.79 Å². The third-order valence-electron chi connectivity index (χ3n) is 5.35. The molecule has 3 heteroatoms. The standard InChI is InChI=1S/C16H30N2O/c1-12-7-9-18(11-13(12)2)16(19)15-5-3-4-14(10-15)6-8-17/h12-15H,3-11,17H2,1-2H3. The van der Waals surface area contributed by atoms with E-state index in [0.717, 1.165) is 44.8 Å². The molecule has 1 aliphatic heterocycles. The molecule has 2 N–H and O–H groups in total. The molecular formula is C16H30N2O. The first-order valence-electron chi connectivity index (χ1n) is 8.10. The van der Waals surface area contributed by atoms with Crippen LogP contribution in [0.4, 0.5) is 0 Å². The predicted octanol–water partition coefficient (Wildman–Crippen LogP) is 2.65. The zero-order valence-electron chi connectivity index (χ0n) is 12.6. The number of carbonyl (C=O) groups excluding carboxylic acids is 1. The van der Waals surface area contributed by atoms with E-state index in [4.69, 9.17) is 5.73 Å². The SMILES string of the molecule is CC1CCN(C(=O)C2CCCC(CCN)C2)CC1C. The fourth-order valence-corrected chi connectivity index (χ4v) is 3.73. The van der Waals surface area contributed by atoms with Crippen molar-refractivity contribution in [1.29, 1.82) is 0 Å². The lowest BCUT2D eigenvalue weighted by Gasteiger charge is -2.38. The third-order valence-corrected chi connectivity index (χ3v) is 5.35. The van der Waals surface area contributed by atoms with Gasteiger partial charge in [0.1, 0.15) is 0 Å². The van der Waals surface area contributed by atoms with E-state index in [0.29, 0.717) is 17.7 Å². The molecule has 4 unspecified atom stereocenters. The number of rotatable bonds is 3. The van der Waals surface area contributed by atoms with Crippen LogP contribution in [0.3, 0.4) is 0 Å². The summed E-state index contributed by atoms with van der Waals surface area (Å²) in [7, 11) is 0. The summed E-state index contributed by atoms with van der Waals surface area (Å²) < 4.78 is 0. The van der Waals surface area contributed by atoms with E-state index in [1.165, 1.54) is 19.3 Å². The molecule has 1 saturated heterocycles. The lowest BCUT2D eigenvalue weighted by molar-refractivity contribution is -0.139. The van der Waals surface area contributed by atoms with Crippen molar-refractivity contribution in [2.45, 2.75) is 52.4 Å². The number of nitrogens with zero attached hydrogens (tertiary/aromatic N) is 1. The topological polar surface area (TPSA) is 46.3 Å². The van der Waals surface area contributed by atoms with Crippen molar-refractivity contribution >= 4 is 5.91 Å². The highest BCUT2D eigenvalue weighted by Gasteiger charge is 2.33. The van der Waals surface area contributed by atoms with Gasteiger partial charge in [-0.15, -0.1) is 0 Å². The first-order valence-corrected chi connectivity index (χ1v) is 8.10. The first kappa shape index (κ1) is 14.8. The molecule has 2 fully saturated rings. The van der Waals surface area contributed by atoms with E-state index in [2.05, 4.69) is 18.7 Å². The van der Waals surface area contributed by atoms with Gasteiger partial charge >= 0.3 is 0 Å². The second-order valence-corrected chi connectivity index (χ2v) is 6.83. The molecule has 1 amide bonds. The van der Waals surface area contributed by atoms with Crippen LogP contribution in [0.5, 0.6) is 0 Å². The second-order valence-electron chi connectivity index (χ2n) is 6.83. The zero-order chi connectivity index (χ0) is 13.8. The zero-order valence-corrected chi connectivity index (χ0v) is 12.6. The Labute approximate surface area is 117 Å². The highest BCUT2D eigenvalue weighted by Crippen LogP contribution is 2.33. The van der Waals surface area contributed by atoms with Gasteiger partial charge in [-0.3, -0.25) is 4.79 Å². The van der Waals surface area contributed by atoms with Gasteiger partial charge in [0.15, 0.2) is 0 Å². The summed E-state index contributed by atoms with van der Waals surface area (Å²) in [5, 5.41) is 0. The number of hydrogen-bond acceptors (Lipinski definition) is 2. The number of nitrogens with two attached hydrogens (primary N) is 1. The molecule has 2 aliphatic rings. The Balaban J connectivity index is 1.88. The normalized spacial score (nSPS) is 36.3. The summed E-state index contributed by atoms with van der Waals surface area (Å²) in [5.41, 5.74) is 5.66. The maximum atomic E-state index is 12.6. The molecule has 1 heterocycles. The Morgan fingerprint density at radius 3 is 2.68 bits per heavy atom. The molecule has 19 heavy (non-hydrogen) atoms. The predicted molar refractivity (Wildman–Crippen MR) is 78.6 cm³/mol. The van der Waals surface area contributed by atoms with Crippen LogP contribution in [0, 0.1) is 23.7 Å². The highest BCUT2D eigenvalue weighted by atomic mass is 16.2. The number of amides is 1. The Morgan fingerprint density at radius 1 is 1.21 bits per heavy atom. The van der Waals surface area contributed by atoms with Crippen LogP contribution in [0.25, 0.3) is 0 Å². The van der Waals surface area contributed by atoms with Crippen molar-refractivity contribution in [3.8, 4) is 0 Å². The molecule has 1 aliphatic carbocycles. The smallest absolute Gasteiger partial charge is 0.225 e. The molecular weight excluding hydrogens is 236 g/mol. The van der Waals surface area contributed by atoms with Crippen molar-refractivity contribution in [2.75, 3.05) is 19.6 Å². The molecule has 0 bridgehead atoms. The van der Waals surface area contributed by atoms with E-state index in [1.807, 2.05) is 0 Å². The van der Waals surface area contributed by atoms with E-state index in [1.54, 1.807) is 0 Å². The van der Waals surface area contributed by atoms with Crippen LogP contribution >= 0.6 is 0 Å². The summed E-state index contributed by atoms with van der Waals surface area (Å²) in [6, 6.07) is 0. The van der Waals surface area contributed by atoms with Crippen molar-refractivity contribution in [3.63, 3.8) is 0 Å². The molecule has 0 spiro atoms. The quantitative estimate of drug-likeness (QED) is 0.853. The van der Waals surface area contributed by atoms with Gasteiger partial charge in [0, 0.05) is 19.0 Å². The van der Waals surface area contributed by atoms with Gasteiger partial charge in [-0.2, -0.15) is 0 Å². The van der Waals surface area contributed by atoms with Crippen LogP contribution in [-0.4, -0.2) is 30.4 Å². The minimum Gasteiger partial charge on any atom is -0.342 e. The van der Waals surface area contributed by atoms with E-state index in [9.17, 15) is 4.79 Å². The Morgan fingerprint density at radius 2 is 2.00 bits per heavy atom. The minimum absolute atomic E-state index is 0.283. The summed E-state index contributed by atoms with van der Waals surface area (Å²) in [6.45, 7) is 7.30. The first-order chi connectivity index (χ1) is 9.11. The lowest BCUT2D eigenvalue weighted by Crippen LogP contribution is -2.45. The average Bonchev–Trinajstić information content (AvgIpc) is 2.42. The van der Waals surface area contributed by atoms with Gasteiger partial charge < -0.3 is 10.6 Å². The Bertz CT molecular complexity index is 303. The molecule has 4 atom stereocenters. The second kappa shape index (κ2) is 6.74. The van der Waals surface area contributed by atoms with Crippen LogP contribution in [0.1, 0.15) is 52.4 Å². The van der Waals surface area contributed by atoms with Crippen molar-refractivity contribution < 1.29 is 4.79 Å². The monoisotopic (exact) mass is 266 g/mol. The van der Waals surface area contributed by atoms with Gasteiger partial charge in [-0.25, -0.2) is 0 Å². The Hall–Kier alpha value is -0.570. The highest BCUT2D eigenvalue weighted by molar-refractivity contribution is 5.79. The average molecular weight is 266 g/mol. The molecule has 110 valence electrons. The fraction of sp³-hybridized carbons (Fsp3) is 0.938. The third kappa shape index (κ3) is 3.71. The van der Waals surface area contributed by atoms with Gasteiger partial charge in [0.25, 0.3) is 0 Å². The molecule has 2 rings (SSSR count).